The highest BCUT2D eigenvalue weighted by molar-refractivity contribution is 6.79. The standard InChI is InChI=1S/C22H48Si/c1-5-9-13-14-15-16-17-18-22-23(19-10-6-2,20-11-7-3)21-12-8-4/h5-22H2,1-4H3. The Hall–Kier alpha value is 0.217. The fraction of sp³-hybridized carbons (Fsp3) is 1.00. The third kappa shape index (κ3) is 13.2. The van der Waals surface area contributed by atoms with E-state index in [1.54, 1.807) is 30.6 Å². The molecule has 0 aromatic rings. The molecule has 0 saturated carbocycles. The fourth-order valence-electron chi connectivity index (χ4n) is 4.04. The lowest BCUT2D eigenvalue weighted by Crippen LogP contribution is -2.33. The zero-order valence-electron chi connectivity index (χ0n) is 17.2. The average Bonchev–Trinajstić information content (AvgIpc) is 2.58. The Bertz CT molecular complexity index is 202. The molecule has 0 fully saturated rings. The Labute approximate surface area is 150 Å². The summed E-state index contributed by atoms with van der Waals surface area (Å²) in [6.45, 7) is 9.46. The second kappa shape index (κ2) is 17.1. The first-order chi connectivity index (χ1) is 11.2. The first-order valence-electron chi connectivity index (χ1n) is 11.2. The maximum absolute atomic E-state index is 2.38. The Balaban J connectivity index is 4.14. The van der Waals surface area contributed by atoms with E-state index in [1.807, 2.05) is 0 Å². The highest BCUT2D eigenvalue weighted by Gasteiger charge is 2.29. The summed E-state index contributed by atoms with van der Waals surface area (Å²) < 4.78 is 0. The van der Waals surface area contributed by atoms with Gasteiger partial charge >= 0.3 is 0 Å². The molecule has 0 nitrogen and oxygen atoms in total. The van der Waals surface area contributed by atoms with Crippen LogP contribution in [0.1, 0.15) is 118 Å². The van der Waals surface area contributed by atoms with E-state index in [2.05, 4.69) is 27.7 Å². The van der Waals surface area contributed by atoms with Gasteiger partial charge in [0.1, 0.15) is 0 Å². The SMILES string of the molecule is CCCCCCCCCC[Si](CCCC)(CCCC)CCCC. The summed E-state index contributed by atoms with van der Waals surface area (Å²) >= 11 is 0. The van der Waals surface area contributed by atoms with Crippen molar-refractivity contribution in [2.75, 3.05) is 0 Å². The minimum atomic E-state index is -0.940. The lowest BCUT2D eigenvalue weighted by molar-refractivity contribution is 0.582. The van der Waals surface area contributed by atoms with Crippen LogP contribution in [0.3, 0.4) is 0 Å². The van der Waals surface area contributed by atoms with Crippen molar-refractivity contribution in [2.45, 2.75) is 142 Å². The summed E-state index contributed by atoms with van der Waals surface area (Å²) in [6, 6.07) is 6.57. The molecule has 0 spiro atoms. The van der Waals surface area contributed by atoms with Crippen LogP contribution in [0.25, 0.3) is 0 Å². The fourth-order valence-corrected chi connectivity index (χ4v) is 9.85. The first-order valence-corrected chi connectivity index (χ1v) is 14.1. The van der Waals surface area contributed by atoms with Crippen LogP contribution < -0.4 is 0 Å². The van der Waals surface area contributed by atoms with Crippen LogP contribution >= 0.6 is 0 Å². The third-order valence-electron chi connectivity index (χ3n) is 5.74. The molecule has 1 heteroatoms. The highest BCUT2D eigenvalue weighted by Crippen LogP contribution is 2.34. The van der Waals surface area contributed by atoms with Crippen molar-refractivity contribution in [1.82, 2.24) is 0 Å². The van der Waals surface area contributed by atoms with Gasteiger partial charge in [0.15, 0.2) is 0 Å². The van der Waals surface area contributed by atoms with E-state index >= 15 is 0 Å². The molecule has 0 unspecified atom stereocenters. The second-order valence-corrected chi connectivity index (χ2v) is 13.0. The van der Waals surface area contributed by atoms with Gasteiger partial charge in [-0.3, -0.25) is 0 Å². The van der Waals surface area contributed by atoms with E-state index in [1.165, 1.54) is 83.5 Å². The van der Waals surface area contributed by atoms with E-state index in [0.717, 1.165) is 0 Å². The van der Waals surface area contributed by atoms with Crippen LogP contribution in [0.4, 0.5) is 0 Å². The van der Waals surface area contributed by atoms with Gasteiger partial charge in [-0.15, -0.1) is 0 Å². The Morgan fingerprint density at radius 3 is 1.04 bits per heavy atom. The topological polar surface area (TPSA) is 0 Å². The minimum Gasteiger partial charge on any atom is -0.0654 e. The predicted molar refractivity (Wildman–Crippen MR) is 112 cm³/mol. The summed E-state index contributed by atoms with van der Waals surface area (Å²) in [4.78, 5) is 0. The van der Waals surface area contributed by atoms with E-state index in [-0.39, 0.29) is 0 Å². The molecule has 0 aliphatic carbocycles. The predicted octanol–water partition coefficient (Wildman–Crippen LogP) is 8.98. The number of unbranched alkanes of at least 4 members (excludes halogenated alkanes) is 10. The number of rotatable bonds is 18. The van der Waals surface area contributed by atoms with Gasteiger partial charge in [0, 0.05) is 0 Å². The summed E-state index contributed by atoms with van der Waals surface area (Å²) in [5.41, 5.74) is 0. The maximum Gasteiger partial charge on any atom is 0.0535 e. The molecule has 0 N–H and O–H groups in total. The molecule has 0 saturated heterocycles. The van der Waals surface area contributed by atoms with Crippen LogP contribution in [0.2, 0.25) is 24.2 Å². The van der Waals surface area contributed by atoms with Gasteiger partial charge in [-0.05, 0) is 0 Å². The van der Waals surface area contributed by atoms with E-state index in [4.69, 9.17) is 0 Å². The summed E-state index contributed by atoms with van der Waals surface area (Å²) in [6.07, 6.45) is 20.6. The molecular formula is C22H48Si. The average molecular weight is 341 g/mol. The van der Waals surface area contributed by atoms with Crippen molar-refractivity contribution in [3.05, 3.63) is 0 Å². The molecule has 0 aliphatic rings. The molecule has 0 radical (unpaired) electrons. The van der Waals surface area contributed by atoms with E-state index in [0.29, 0.717) is 0 Å². The quantitative estimate of drug-likeness (QED) is 0.172. The van der Waals surface area contributed by atoms with Gasteiger partial charge in [-0.2, -0.15) is 0 Å². The molecule has 0 aromatic heterocycles. The monoisotopic (exact) mass is 340 g/mol. The van der Waals surface area contributed by atoms with Crippen molar-refractivity contribution < 1.29 is 0 Å². The summed E-state index contributed by atoms with van der Waals surface area (Å²) in [7, 11) is -0.940. The van der Waals surface area contributed by atoms with Crippen LogP contribution in [-0.4, -0.2) is 8.07 Å². The molecule has 0 atom stereocenters. The zero-order chi connectivity index (χ0) is 17.2. The van der Waals surface area contributed by atoms with Crippen molar-refractivity contribution >= 4 is 8.07 Å². The number of hydrogen-bond donors (Lipinski definition) is 0. The van der Waals surface area contributed by atoms with Gasteiger partial charge in [0.05, 0.1) is 8.07 Å². The zero-order valence-corrected chi connectivity index (χ0v) is 18.2. The molecule has 0 aliphatic heterocycles. The van der Waals surface area contributed by atoms with Gasteiger partial charge in [0.2, 0.25) is 0 Å². The Morgan fingerprint density at radius 1 is 0.348 bits per heavy atom. The second-order valence-electron chi connectivity index (χ2n) is 8.04. The largest absolute Gasteiger partial charge is 0.0654 e. The molecular weight excluding hydrogens is 292 g/mol. The van der Waals surface area contributed by atoms with Crippen molar-refractivity contribution in [3.63, 3.8) is 0 Å². The normalized spacial score (nSPS) is 12.0. The van der Waals surface area contributed by atoms with Gasteiger partial charge in [-0.25, -0.2) is 0 Å². The van der Waals surface area contributed by atoms with Crippen molar-refractivity contribution in [2.24, 2.45) is 0 Å². The Kier molecular flexibility index (Phi) is 17.2. The van der Waals surface area contributed by atoms with E-state index < -0.39 is 8.07 Å². The van der Waals surface area contributed by atoms with Gasteiger partial charge in [-0.1, -0.05) is 142 Å². The van der Waals surface area contributed by atoms with Gasteiger partial charge in [0.25, 0.3) is 0 Å². The van der Waals surface area contributed by atoms with Crippen LogP contribution in [0.15, 0.2) is 0 Å². The lowest BCUT2D eigenvalue weighted by atomic mass is 10.1. The van der Waals surface area contributed by atoms with Crippen molar-refractivity contribution in [1.29, 1.82) is 0 Å². The summed E-state index contributed by atoms with van der Waals surface area (Å²) in [5, 5.41) is 0. The molecule has 140 valence electrons. The summed E-state index contributed by atoms with van der Waals surface area (Å²) in [5.74, 6) is 0. The minimum absolute atomic E-state index is 0.940. The molecule has 0 amide bonds. The maximum atomic E-state index is 2.38. The van der Waals surface area contributed by atoms with E-state index in [9.17, 15) is 0 Å². The molecule has 0 bridgehead atoms. The smallest absolute Gasteiger partial charge is 0.0535 e. The molecule has 23 heavy (non-hydrogen) atoms. The number of hydrogen-bond acceptors (Lipinski definition) is 0. The highest BCUT2D eigenvalue weighted by atomic mass is 28.3. The van der Waals surface area contributed by atoms with Gasteiger partial charge < -0.3 is 0 Å². The van der Waals surface area contributed by atoms with Crippen molar-refractivity contribution in [3.8, 4) is 0 Å². The lowest BCUT2D eigenvalue weighted by Gasteiger charge is -2.32. The van der Waals surface area contributed by atoms with Crippen LogP contribution in [0.5, 0.6) is 0 Å². The molecule has 0 heterocycles. The first kappa shape index (κ1) is 23.2. The van der Waals surface area contributed by atoms with Crippen LogP contribution in [-0.2, 0) is 0 Å². The van der Waals surface area contributed by atoms with Crippen LogP contribution in [0, 0.1) is 0 Å². The molecule has 0 rings (SSSR count). The third-order valence-corrected chi connectivity index (χ3v) is 11.4. The Morgan fingerprint density at radius 2 is 0.652 bits per heavy atom. The molecule has 0 aromatic carbocycles.